The first-order valence-electron chi connectivity index (χ1n) is 7.45. The summed E-state index contributed by atoms with van der Waals surface area (Å²) in [6, 6.07) is 8.90. The average Bonchev–Trinajstić information content (AvgIpc) is 2.42. The SMILES string of the molecule is CCCNC(C)C(Cc1ccccc1OC)C(C)C. The molecule has 0 amide bonds. The molecule has 19 heavy (non-hydrogen) atoms. The van der Waals surface area contributed by atoms with E-state index in [1.54, 1.807) is 7.11 Å². The predicted octanol–water partition coefficient (Wildman–Crippen LogP) is 3.90. The number of hydrogen-bond acceptors (Lipinski definition) is 2. The molecular formula is C17H29NO. The molecule has 2 atom stereocenters. The summed E-state index contributed by atoms with van der Waals surface area (Å²) >= 11 is 0. The Labute approximate surface area is 118 Å². The molecule has 1 aromatic carbocycles. The maximum absolute atomic E-state index is 5.47. The van der Waals surface area contributed by atoms with Gasteiger partial charge in [-0.25, -0.2) is 0 Å². The van der Waals surface area contributed by atoms with Gasteiger partial charge in [0.1, 0.15) is 5.75 Å². The minimum absolute atomic E-state index is 0.532. The summed E-state index contributed by atoms with van der Waals surface area (Å²) in [5, 5.41) is 3.63. The van der Waals surface area contributed by atoms with Crippen LogP contribution in [0.5, 0.6) is 5.75 Å². The van der Waals surface area contributed by atoms with Gasteiger partial charge in [0, 0.05) is 6.04 Å². The lowest BCUT2D eigenvalue weighted by Crippen LogP contribution is -2.37. The van der Waals surface area contributed by atoms with Gasteiger partial charge < -0.3 is 10.1 Å². The van der Waals surface area contributed by atoms with E-state index in [1.165, 1.54) is 12.0 Å². The van der Waals surface area contributed by atoms with Gasteiger partial charge in [-0.15, -0.1) is 0 Å². The molecule has 0 bridgehead atoms. The Kier molecular flexibility index (Phi) is 6.93. The quantitative estimate of drug-likeness (QED) is 0.768. The highest BCUT2D eigenvalue weighted by Crippen LogP contribution is 2.26. The van der Waals surface area contributed by atoms with Crippen LogP contribution < -0.4 is 10.1 Å². The van der Waals surface area contributed by atoms with Crippen molar-refractivity contribution in [2.75, 3.05) is 13.7 Å². The fourth-order valence-electron chi connectivity index (χ4n) is 2.64. The third-order valence-corrected chi connectivity index (χ3v) is 3.86. The summed E-state index contributed by atoms with van der Waals surface area (Å²) in [6.07, 6.45) is 2.25. The van der Waals surface area contributed by atoms with E-state index >= 15 is 0 Å². The van der Waals surface area contributed by atoms with Gasteiger partial charge in [0.15, 0.2) is 0 Å². The van der Waals surface area contributed by atoms with Crippen LogP contribution in [-0.2, 0) is 6.42 Å². The number of hydrogen-bond donors (Lipinski definition) is 1. The zero-order valence-electron chi connectivity index (χ0n) is 13.1. The second kappa shape index (κ2) is 8.21. The molecule has 0 radical (unpaired) electrons. The van der Waals surface area contributed by atoms with E-state index in [0.717, 1.165) is 18.7 Å². The molecule has 2 nitrogen and oxygen atoms in total. The zero-order chi connectivity index (χ0) is 14.3. The van der Waals surface area contributed by atoms with Gasteiger partial charge >= 0.3 is 0 Å². The second-order valence-electron chi connectivity index (χ2n) is 5.67. The maximum Gasteiger partial charge on any atom is 0.122 e. The highest BCUT2D eigenvalue weighted by atomic mass is 16.5. The number of ether oxygens (including phenoxy) is 1. The van der Waals surface area contributed by atoms with Crippen LogP contribution in [0.3, 0.4) is 0 Å². The normalized spacial score (nSPS) is 14.4. The third-order valence-electron chi connectivity index (χ3n) is 3.86. The number of para-hydroxylation sites is 1. The van der Waals surface area contributed by atoms with Gasteiger partial charge in [-0.2, -0.15) is 0 Å². The van der Waals surface area contributed by atoms with E-state index in [1.807, 2.05) is 6.07 Å². The van der Waals surface area contributed by atoms with Crippen molar-refractivity contribution in [3.05, 3.63) is 29.8 Å². The largest absolute Gasteiger partial charge is 0.496 e. The molecule has 0 fully saturated rings. The number of rotatable bonds is 8. The number of benzene rings is 1. The molecule has 1 rings (SSSR count). The van der Waals surface area contributed by atoms with Gasteiger partial charge in [-0.1, -0.05) is 39.0 Å². The summed E-state index contributed by atoms with van der Waals surface area (Å²) in [4.78, 5) is 0. The summed E-state index contributed by atoms with van der Waals surface area (Å²) < 4.78 is 5.47. The van der Waals surface area contributed by atoms with E-state index in [2.05, 4.69) is 51.2 Å². The van der Waals surface area contributed by atoms with Crippen LogP contribution in [-0.4, -0.2) is 19.7 Å². The van der Waals surface area contributed by atoms with Gasteiger partial charge in [-0.05, 0) is 49.8 Å². The summed E-state index contributed by atoms with van der Waals surface area (Å²) in [5.41, 5.74) is 1.31. The molecule has 2 heteroatoms. The van der Waals surface area contributed by atoms with Crippen molar-refractivity contribution in [2.24, 2.45) is 11.8 Å². The Morgan fingerprint density at radius 3 is 2.42 bits per heavy atom. The monoisotopic (exact) mass is 263 g/mol. The molecule has 0 heterocycles. The van der Waals surface area contributed by atoms with Gasteiger partial charge in [-0.3, -0.25) is 0 Å². The highest BCUT2D eigenvalue weighted by Gasteiger charge is 2.21. The van der Waals surface area contributed by atoms with Crippen molar-refractivity contribution in [1.29, 1.82) is 0 Å². The lowest BCUT2D eigenvalue weighted by Gasteiger charge is -2.29. The van der Waals surface area contributed by atoms with E-state index in [4.69, 9.17) is 4.74 Å². The van der Waals surface area contributed by atoms with Crippen LogP contribution in [0, 0.1) is 11.8 Å². The summed E-state index contributed by atoms with van der Waals surface area (Å²) in [5.74, 6) is 2.29. The zero-order valence-corrected chi connectivity index (χ0v) is 13.1. The first-order valence-corrected chi connectivity index (χ1v) is 7.45. The molecular weight excluding hydrogens is 234 g/mol. The Balaban J connectivity index is 2.77. The van der Waals surface area contributed by atoms with Gasteiger partial charge in [0.25, 0.3) is 0 Å². The van der Waals surface area contributed by atoms with E-state index in [-0.39, 0.29) is 0 Å². The van der Waals surface area contributed by atoms with Crippen LogP contribution in [0.1, 0.15) is 39.7 Å². The fraction of sp³-hybridized carbons (Fsp3) is 0.647. The lowest BCUT2D eigenvalue weighted by molar-refractivity contribution is 0.285. The van der Waals surface area contributed by atoms with Crippen LogP contribution in [0.4, 0.5) is 0 Å². The minimum Gasteiger partial charge on any atom is -0.496 e. The average molecular weight is 263 g/mol. The first-order chi connectivity index (χ1) is 9.10. The summed E-state index contributed by atoms with van der Waals surface area (Å²) in [7, 11) is 1.75. The Morgan fingerprint density at radius 1 is 1.16 bits per heavy atom. The molecule has 0 aliphatic carbocycles. The first kappa shape index (κ1) is 16.0. The van der Waals surface area contributed by atoms with Crippen molar-refractivity contribution >= 4 is 0 Å². The van der Waals surface area contributed by atoms with Crippen LogP contribution in [0.25, 0.3) is 0 Å². The van der Waals surface area contributed by atoms with Crippen molar-refractivity contribution in [3.8, 4) is 5.75 Å². The number of nitrogens with one attached hydrogen (secondary N) is 1. The van der Waals surface area contributed by atoms with Crippen molar-refractivity contribution in [3.63, 3.8) is 0 Å². The molecule has 0 aliphatic heterocycles. The Bertz CT molecular complexity index is 362. The van der Waals surface area contributed by atoms with Gasteiger partial charge in [0.2, 0.25) is 0 Å². The molecule has 0 aromatic heterocycles. The van der Waals surface area contributed by atoms with Crippen LogP contribution >= 0.6 is 0 Å². The van der Waals surface area contributed by atoms with E-state index in [0.29, 0.717) is 17.9 Å². The molecule has 0 aliphatic rings. The molecule has 1 N–H and O–H groups in total. The maximum atomic E-state index is 5.47. The van der Waals surface area contributed by atoms with Crippen LogP contribution in [0.2, 0.25) is 0 Å². The fourth-order valence-corrected chi connectivity index (χ4v) is 2.64. The lowest BCUT2D eigenvalue weighted by atomic mass is 9.83. The second-order valence-corrected chi connectivity index (χ2v) is 5.67. The minimum atomic E-state index is 0.532. The smallest absolute Gasteiger partial charge is 0.122 e. The molecule has 2 unspecified atom stereocenters. The van der Waals surface area contributed by atoms with E-state index in [9.17, 15) is 0 Å². The standard InChI is InChI=1S/C17H29NO/c1-6-11-18-14(4)16(13(2)3)12-15-9-7-8-10-17(15)19-5/h7-10,13-14,16,18H,6,11-12H2,1-5H3. The van der Waals surface area contributed by atoms with Crippen molar-refractivity contribution in [1.82, 2.24) is 5.32 Å². The van der Waals surface area contributed by atoms with Crippen LogP contribution in [0.15, 0.2) is 24.3 Å². The molecule has 108 valence electrons. The number of methoxy groups -OCH3 is 1. The molecule has 1 aromatic rings. The van der Waals surface area contributed by atoms with Gasteiger partial charge in [0.05, 0.1) is 7.11 Å². The Morgan fingerprint density at radius 2 is 1.84 bits per heavy atom. The molecule has 0 spiro atoms. The Hall–Kier alpha value is -1.02. The predicted molar refractivity (Wildman–Crippen MR) is 82.8 cm³/mol. The molecule has 0 saturated heterocycles. The van der Waals surface area contributed by atoms with E-state index < -0.39 is 0 Å². The third kappa shape index (κ3) is 4.87. The van der Waals surface area contributed by atoms with Crippen molar-refractivity contribution < 1.29 is 4.74 Å². The highest BCUT2D eigenvalue weighted by molar-refractivity contribution is 5.33. The topological polar surface area (TPSA) is 21.3 Å². The summed E-state index contributed by atoms with van der Waals surface area (Å²) in [6.45, 7) is 10.2. The van der Waals surface area contributed by atoms with Crippen molar-refractivity contribution in [2.45, 2.75) is 46.6 Å². The molecule has 0 saturated carbocycles.